The smallest absolute Gasteiger partial charge is 0.191 e. The summed E-state index contributed by atoms with van der Waals surface area (Å²) in [5.74, 6) is -0.0305. The maximum atomic E-state index is 13.7. The highest BCUT2D eigenvalue weighted by molar-refractivity contribution is 14.0. The van der Waals surface area contributed by atoms with E-state index in [1.807, 2.05) is 24.3 Å². The molecule has 2 aromatic carbocycles. The molecule has 2 N–H and O–H groups in total. The normalized spacial score (nSPS) is 12.3. The molecule has 0 atom stereocenters. The van der Waals surface area contributed by atoms with Crippen LogP contribution in [0.2, 0.25) is 5.02 Å². The molecule has 0 radical (unpaired) electrons. The van der Waals surface area contributed by atoms with E-state index in [2.05, 4.69) is 29.5 Å². The van der Waals surface area contributed by atoms with Crippen LogP contribution in [0.4, 0.5) is 4.39 Å². The number of nitrogens with one attached hydrogen (secondary N) is 2. The van der Waals surface area contributed by atoms with E-state index in [4.69, 9.17) is 11.6 Å². The lowest BCUT2D eigenvalue weighted by atomic mass is 9.84. The first-order valence-corrected chi connectivity index (χ1v) is 11.6. The largest absolute Gasteiger partial charge is 0.356 e. The molecule has 0 heterocycles. The number of rotatable bonds is 7. The summed E-state index contributed by atoms with van der Waals surface area (Å²) >= 11 is 6.33. The zero-order valence-corrected chi connectivity index (χ0v) is 21.4. The quantitative estimate of drug-likeness (QED) is 0.298. The standard InChI is InChI=1S/C21H27ClFN3O2S.HI/c1-21(2,18-7-5-6-8-19(18)22)14-26-20(24-3)25-12-16-11-17(23)10-9-15(16)13-29(4,27)28;/h5-11H,12-14H2,1-4H3,(H2,24,25,26);1H. The Morgan fingerprint density at radius 2 is 1.80 bits per heavy atom. The first kappa shape index (κ1) is 26.6. The maximum Gasteiger partial charge on any atom is 0.191 e. The van der Waals surface area contributed by atoms with Gasteiger partial charge in [0, 0.05) is 36.8 Å². The van der Waals surface area contributed by atoms with Gasteiger partial charge < -0.3 is 10.6 Å². The number of halogens is 3. The van der Waals surface area contributed by atoms with Crippen LogP contribution in [0.5, 0.6) is 0 Å². The van der Waals surface area contributed by atoms with E-state index in [1.54, 1.807) is 7.05 Å². The van der Waals surface area contributed by atoms with Gasteiger partial charge in [-0.1, -0.05) is 49.7 Å². The summed E-state index contributed by atoms with van der Waals surface area (Å²) in [6, 6.07) is 11.8. The Balaban J connectivity index is 0.00000450. The number of sulfone groups is 1. The van der Waals surface area contributed by atoms with E-state index < -0.39 is 15.7 Å². The summed E-state index contributed by atoms with van der Waals surface area (Å²) < 4.78 is 37.0. The number of aliphatic imine (C=N–C) groups is 1. The Bertz CT molecular complexity index is 997. The van der Waals surface area contributed by atoms with Crippen LogP contribution in [-0.4, -0.2) is 34.2 Å². The predicted molar refractivity (Wildman–Crippen MR) is 133 cm³/mol. The molecule has 9 heteroatoms. The molecular weight excluding hydrogens is 540 g/mol. The Morgan fingerprint density at radius 3 is 2.40 bits per heavy atom. The molecule has 2 aromatic rings. The summed E-state index contributed by atoms with van der Waals surface area (Å²) in [7, 11) is -1.59. The second-order valence-corrected chi connectivity index (χ2v) is 10.2. The van der Waals surface area contributed by atoms with Crippen LogP contribution in [-0.2, 0) is 27.5 Å². The molecule has 30 heavy (non-hydrogen) atoms. The maximum absolute atomic E-state index is 13.7. The molecule has 2 rings (SSSR count). The molecule has 0 spiro atoms. The van der Waals surface area contributed by atoms with Gasteiger partial charge in [0.15, 0.2) is 15.8 Å². The molecule has 0 bridgehead atoms. The molecule has 0 amide bonds. The van der Waals surface area contributed by atoms with E-state index in [0.717, 1.165) is 11.8 Å². The van der Waals surface area contributed by atoms with Crippen molar-refractivity contribution in [2.45, 2.75) is 31.6 Å². The Morgan fingerprint density at radius 1 is 1.13 bits per heavy atom. The zero-order valence-electron chi connectivity index (χ0n) is 17.5. The third kappa shape index (κ3) is 8.03. The van der Waals surface area contributed by atoms with Gasteiger partial charge in [-0.05, 0) is 34.9 Å². The van der Waals surface area contributed by atoms with E-state index in [9.17, 15) is 12.8 Å². The van der Waals surface area contributed by atoms with Crippen LogP contribution in [0.3, 0.4) is 0 Å². The van der Waals surface area contributed by atoms with Crippen LogP contribution in [0.25, 0.3) is 0 Å². The molecule has 0 fully saturated rings. The second-order valence-electron chi connectivity index (χ2n) is 7.63. The van der Waals surface area contributed by atoms with Gasteiger partial charge in [0.25, 0.3) is 0 Å². The predicted octanol–water partition coefficient (Wildman–Crippen LogP) is 4.28. The first-order valence-electron chi connectivity index (χ1n) is 9.16. The SMILES string of the molecule is CN=C(NCc1cc(F)ccc1CS(C)(=O)=O)NCC(C)(C)c1ccccc1Cl.I. The van der Waals surface area contributed by atoms with Gasteiger partial charge in [-0.3, -0.25) is 4.99 Å². The molecule has 5 nitrogen and oxygen atoms in total. The molecule has 0 saturated heterocycles. The number of benzene rings is 2. The van der Waals surface area contributed by atoms with Crippen LogP contribution < -0.4 is 10.6 Å². The summed E-state index contributed by atoms with van der Waals surface area (Å²) in [6.45, 7) is 4.96. The van der Waals surface area contributed by atoms with Crippen molar-refractivity contribution in [2.24, 2.45) is 4.99 Å². The van der Waals surface area contributed by atoms with Crippen molar-refractivity contribution in [3.05, 3.63) is 70.0 Å². The summed E-state index contributed by atoms with van der Waals surface area (Å²) in [4.78, 5) is 4.20. The van der Waals surface area contributed by atoms with Crippen molar-refractivity contribution in [2.75, 3.05) is 19.8 Å². The monoisotopic (exact) mass is 567 g/mol. The Hall–Kier alpha value is -1.39. The van der Waals surface area contributed by atoms with Gasteiger partial charge in [0.1, 0.15) is 5.82 Å². The van der Waals surface area contributed by atoms with Crippen molar-refractivity contribution in [1.29, 1.82) is 0 Å². The highest BCUT2D eigenvalue weighted by Gasteiger charge is 2.23. The van der Waals surface area contributed by atoms with Gasteiger partial charge >= 0.3 is 0 Å². The van der Waals surface area contributed by atoms with Crippen LogP contribution in [0.1, 0.15) is 30.5 Å². The third-order valence-electron chi connectivity index (χ3n) is 4.56. The molecule has 0 aliphatic carbocycles. The van der Waals surface area contributed by atoms with Gasteiger partial charge in [0.2, 0.25) is 0 Å². The average molecular weight is 568 g/mol. The number of hydrogen-bond donors (Lipinski definition) is 2. The lowest BCUT2D eigenvalue weighted by Gasteiger charge is -2.27. The first-order chi connectivity index (χ1) is 13.5. The average Bonchev–Trinajstić information content (AvgIpc) is 2.63. The van der Waals surface area contributed by atoms with Crippen LogP contribution >= 0.6 is 35.6 Å². The van der Waals surface area contributed by atoms with Crippen molar-refractivity contribution < 1.29 is 12.8 Å². The minimum Gasteiger partial charge on any atom is -0.356 e. The van der Waals surface area contributed by atoms with Gasteiger partial charge in [0.05, 0.1) is 5.75 Å². The molecule has 166 valence electrons. The van der Waals surface area contributed by atoms with Gasteiger partial charge in [-0.2, -0.15) is 0 Å². The fourth-order valence-corrected chi connectivity index (χ4v) is 4.23. The van der Waals surface area contributed by atoms with Crippen molar-refractivity contribution in [3.8, 4) is 0 Å². The summed E-state index contributed by atoms with van der Waals surface area (Å²) in [6.07, 6.45) is 1.16. The van der Waals surface area contributed by atoms with E-state index in [-0.39, 0.29) is 41.7 Å². The molecule has 0 unspecified atom stereocenters. The third-order valence-corrected chi connectivity index (χ3v) is 5.72. The molecule has 0 saturated carbocycles. The number of hydrogen-bond acceptors (Lipinski definition) is 3. The highest BCUT2D eigenvalue weighted by atomic mass is 127. The van der Waals surface area contributed by atoms with Gasteiger partial charge in [-0.25, -0.2) is 12.8 Å². The molecule has 0 aliphatic rings. The highest BCUT2D eigenvalue weighted by Crippen LogP contribution is 2.29. The number of guanidine groups is 1. The summed E-state index contributed by atoms with van der Waals surface area (Å²) in [5, 5.41) is 7.08. The number of nitrogens with zero attached hydrogens (tertiary/aromatic N) is 1. The van der Waals surface area contributed by atoms with Crippen molar-refractivity contribution in [1.82, 2.24) is 10.6 Å². The Labute approximate surface area is 200 Å². The van der Waals surface area contributed by atoms with Crippen molar-refractivity contribution >= 4 is 51.4 Å². The molecule has 0 aliphatic heterocycles. The molecule has 0 aromatic heterocycles. The fourth-order valence-electron chi connectivity index (χ4n) is 2.99. The van der Waals surface area contributed by atoms with Crippen LogP contribution in [0, 0.1) is 5.82 Å². The fraction of sp³-hybridized carbons (Fsp3) is 0.381. The zero-order chi connectivity index (χ0) is 21.7. The van der Waals surface area contributed by atoms with E-state index in [1.165, 1.54) is 18.2 Å². The van der Waals surface area contributed by atoms with E-state index >= 15 is 0 Å². The second kappa shape index (κ2) is 11.3. The van der Waals surface area contributed by atoms with E-state index in [0.29, 0.717) is 28.7 Å². The van der Waals surface area contributed by atoms with Crippen molar-refractivity contribution in [3.63, 3.8) is 0 Å². The minimum absolute atomic E-state index is 0. The van der Waals surface area contributed by atoms with Gasteiger partial charge in [-0.15, -0.1) is 24.0 Å². The minimum atomic E-state index is -3.23. The lowest BCUT2D eigenvalue weighted by Crippen LogP contribution is -2.43. The lowest BCUT2D eigenvalue weighted by molar-refractivity contribution is 0.508. The Kier molecular flexibility index (Phi) is 10.0. The van der Waals surface area contributed by atoms with Crippen LogP contribution in [0.15, 0.2) is 47.5 Å². The molecular formula is C21H28ClFIN3O2S. The topological polar surface area (TPSA) is 70.6 Å². The summed E-state index contributed by atoms with van der Waals surface area (Å²) in [5.41, 5.74) is 1.90.